The number of nitrogens with one attached hydrogen (secondary N) is 1. The third-order valence-electron chi connectivity index (χ3n) is 2.97. The van der Waals surface area contributed by atoms with Crippen LogP contribution in [0.2, 0.25) is 0 Å². The zero-order valence-corrected chi connectivity index (χ0v) is 11.6. The molecule has 0 unspecified atom stereocenters. The van der Waals surface area contributed by atoms with Gasteiger partial charge >= 0.3 is 0 Å². The molecule has 2 aromatic rings. The van der Waals surface area contributed by atoms with Gasteiger partial charge in [-0.05, 0) is 24.7 Å². The molecule has 0 atom stereocenters. The Hall–Kier alpha value is -2.08. The summed E-state index contributed by atoms with van der Waals surface area (Å²) in [5.74, 6) is 1.41. The Morgan fingerprint density at radius 1 is 1.21 bits per heavy atom. The van der Waals surface area contributed by atoms with Crippen LogP contribution in [0, 0.1) is 0 Å². The van der Waals surface area contributed by atoms with Gasteiger partial charge in [0.25, 0.3) is 0 Å². The van der Waals surface area contributed by atoms with E-state index in [0.717, 1.165) is 23.4 Å². The lowest BCUT2D eigenvalue weighted by Crippen LogP contribution is -2.08. The number of aryl methyl sites for hydroxylation is 1. The lowest BCUT2D eigenvalue weighted by Gasteiger charge is -2.14. The molecule has 1 heterocycles. The van der Waals surface area contributed by atoms with Crippen LogP contribution < -0.4 is 14.8 Å². The predicted molar refractivity (Wildman–Crippen MR) is 72.3 cm³/mol. The summed E-state index contributed by atoms with van der Waals surface area (Å²) in [6.07, 6.45) is 1.74. The van der Waals surface area contributed by atoms with Crippen molar-refractivity contribution in [1.82, 2.24) is 20.3 Å². The Morgan fingerprint density at radius 3 is 2.42 bits per heavy atom. The maximum atomic E-state index is 5.35. The van der Waals surface area contributed by atoms with Gasteiger partial charge in [-0.1, -0.05) is 5.21 Å². The molecular formula is C13H18N4O2. The summed E-state index contributed by atoms with van der Waals surface area (Å²) in [5.41, 5.74) is 3.07. The first-order valence-electron chi connectivity index (χ1n) is 5.95. The van der Waals surface area contributed by atoms with Crippen LogP contribution in [0.5, 0.6) is 11.5 Å². The van der Waals surface area contributed by atoms with Gasteiger partial charge in [0, 0.05) is 19.2 Å². The summed E-state index contributed by atoms with van der Waals surface area (Å²) in [5, 5.41) is 11.0. The zero-order valence-electron chi connectivity index (χ0n) is 11.6. The highest BCUT2D eigenvalue weighted by molar-refractivity contribution is 5.68. The molecule has 0 aliphatic rings. The smallest absolute Gasteiger partial charge is 0.161 e. The van der Waals surface area contributed by atoms with Gasteiger partial charge in [0.15, 0.2) is 11.5 Å². The quantitative estimate of drug-likeness (QED) is 0.878. The van der Waals surface area contributed by atoms with Crippen molar-refractivity contribution in [2.75, 3.05) is 21.3 Å². The third-order valence-corrected chi connectivity index (χ3v) is 2.97. The van der Waals surface area contributed by atoms with Gasteiger partial charge in [0.1, 0.15) is 0 Å². The third kappa shape index (κ3) is 2.53. The zero-order chi connectivity index (χ0) is 13.8. The van der Waals surface area contributed by atoms with Crippen molar-refractivity contribution < 1.29 is 9.47 Å². The number of methoxy groups -OCH3 is 2. The fourth-order valence-electron chi connectivity index (χ4n) is 2.03. The topological polar surface area (TPSA) is 61.2 Å². The predicted octanol–water partition coefficient (Wildman–Crippen LogP) is 1.22. The maximum absolute atomic E-state index is 5.35. The molecule has 0 aliphatic heterocycles. The second-order valence-electron chi connectivity index (χ2n) is 4.14. The summed E-state index contributed by atoms with van der Waals surface area (Å²) < 4.78 is 12.4. The van der Waals surface area contributed by atoms with E-state index in [0.29, 0.717) is 11.5 Å². The van der Waals surface area contributed by atoms with Gasteiger partial charge in [0.05, 0.1) is 26.1 Å². The number of hydrogen-bond acceptors (Lipinski definition) is 5. The number of hydrogen-bond donors (Lipinski definition) is 1. The Morgan fingerprint density at radius 2 is 1.89 bits per heavy atom. The van der Waals surface area contributed by atoms with Crippen LogP contribution in [0.25, 0.3) is 11.3 Å². The minimum atomic E-state index is 0.693. The van der Waals surface area contributed by atoms with Crippen LogP contribution in [-0.2, 0) is 13.6 Å². The molecule has 1 aromatic heterocycles. The molecule has 1 N–H and O–H groups in total. The normalized spacial score (nSPS) is 10.5. The van der Waals surface area contributed by atoms with Crippen LogP contribution in [0.4, 0.5) is 0 Å². The van der Waals surface area contributed by atoms with E-state index in [1.807, 2.05) is 26.2 Å². The summed E-state index contributed by atoms with van der Waals surface area (Å²) in [6, 6.07) is 3.92. The van der Waals surface area contributed by atoms with E-state index in [9.17, 15) is 0 Å². The molecule has 0 amide bonds. The molecule has 0 aliphatic carbocycles. The molecule has 2 rings (SSSR count). The number of benzene rings is 1. The highest BCUT2D eigenvalue weighted by Gasteiger charge is 2.14. The Labute approximate surface area is 112 Å². The van der Waals surface area contributed by atoms with E-state index in [1.165, 1.54) is 0 Å². The first kappa shape index (κ1) is 13.4. The number of aromatic nitrogens is 3. The summed E-state index contributed by atoms with van der Waals surface area (Å²) in [7, 11) is 7.03. The van der Waals surface area contributed by atoms with Gasteiger partial charge in [-0.25, -0.2) is 4.68 Å². The van der Waals surface area contributed by atoms with Crippen LogP contribution in [0.1, 0.15) is 5.56 Å². The van der Waals surface area contributed by atoms with Gasteiger partial charge in [0.2, 0.25) is 0 Å². The standard InChI is InChI=1S/C13H18N4O2/c1-14-7-9-5-12(18-3)13(19-4)6-10(9)11-8-15-16-17(11)2/h5-6,8,14H,7H2,1-4H3. The van der Waals surface area contributed by atoms with Gasteiger partial charge < -0.3 is 14.8 Å². The summed E-state index contributed by atoms with van der Waals surface area (Å²) >= 11 is 0. The molecule has 0 saturated carbocycles. The summed E-state index contributed by atoms with van der Waals surface area (Å²) in [6.45, 7) is 0.723. The average molecular weight is 262 g/mol. The SMILES string of the molecule is CNCc1cc(OC)c(OC)cc1-c1cnnn1C. The van der Waals surface area contributed by atoms with Crippen molar-refractivity contribution in [3.05, 3.63) is 23.9 Å². The molecule has 0 saturated heterocycles. The second-order valence-corrected chi connectivity index (χ2v) is 4.14. The summed E-state index contributed by atoms with van der Waals surface area (Å²) in [4.78, 5) is 0. The lowest BCUT2D eigenvalue weighted by molar-refractivity contribution is 0.354. The average Bonchev–Trinajstić information content (AvgIpc) is 2.84. The van der Waals surface area contributed by atoms with Crippen molar-refractivity contribution in [3.8, 4) is 22.8 Å². The van der Waals surface area contributed by atoms with E-state index in [4.69, 9.17) is 9.47 Å². The highest BCUT2D eigenvalue weighted by Crippen LogP contribution is 2.35. The Balaban J connectivity index is 2.60. The van der Waals surface area contributed by atoms with Crippen LogP contribution >= 0.6 is 0 Å². The number of rotatable bonds is 5. The second kappa shape index (κ2) is 5.71. The van der Waals surface area contributed by atoms with E-state index >= 15 is 0 Å². The Bertz CT molecular complexity index is 566. The van der Waals surface area contributed by atoms with E-state index < -0.39 is 0 Å². The van der Waals surface area contributed by atoms with Crippen LogP contribution in [-0.4, -0.2) is 36.3 Å². The van der Waals surface area contributed by atoms with E-state index in [1.54, 1.807) is 25.1 Å². The van der Waals surface area contributed by atoms with E-state index in [-0.39, 0.29) is 0 Å². The van der Waals surface area contributed by atoms with Crippen molar-refractivity contribution >= 4 is 0 Å². The van der Waals surface area contributed by atoms with Crippen molar-refractivity contribution in [2.24, 2.45) is 7.05 Å². The van der Waals surface area contributed by atoms with Crippen molar-refractivity contribution in [2.45, 2.75) is 6.54 Å². The molecule has 6 heteroatoms. The van der Waals surface area contributed by atoms with Gasteiger partial charge in [-0.3, -0.25) is 0 Å². The first-order chi connectivity index (χ1) is 9.21. The molecule has 0 spiro atoms. The minimum absolute atomic E-state index is 0.693. The molecule has 0 radical (unpaired) electrons. The first-order valence-corrected chi connectivity index (χ1v) is 5.95. The fraction of sp³-hybridized carbons (Fsp3) is 0.385. The van der Waals surface area contributed by atoms with Gasteiger partial charge in [-0.15, -0.1) is 5.10 Å². The maximum Gasteiger partial charge on any atom is 0.161 e. The van der Waals surface area contributed by atoms with E-state index in [2.05, 4.69) is 15.6 Å². The molecule has 0 fully saturated rings. The Kier molecular flexibility index (Phi) is 4.01. The van der Waals surface area contributed by atoms with Crippen molar-refractivity contribution in [1.29, 1.82) is 0 Å². The molecule has 0 bridgehead atoms. The highest BCUT2D eigenvalue weighted by atomic mass is 16.5. The van der Waals surface area contributed by atoms with Crippen LogP contribution in [0.15, 0.2) is 18.3 Å². The molecule has 1 aromatic carbocycles. The lowest BCUT2D eigenvalue weighted by atomic mass is 10.0. The number of nitrogens with zero attached hydrogens (tertiary/aromatic N) is 3. The molecule has 102 valence electrons. The monoisotopic (exact) mass is 262 g/mol. The fourth-order valence-corrected chi connectivity index (χ4v) is 2.03. The number of ether oxygens (including phenoxy) is 2. The van der Waals surface area contributed by atoms with Crippen LogP contribution in [0.3, 0.4) is 0 Å². The minimum Gasteiger partial charge on any atom is -0.493 e. The largest absolute Gasteiger partial charge is 0.493 e. The molecule has 6 nitrogen and oxygen atoms in total. The molecule has 19 heavy (non-hydrogen) atoms. The van der Waals surface area contributed by atoms with Crippen molar-refractivity contribution in [3.63, 3.8) is 0 Å². The van der Waals surface area contributed by atoms with Gasteiger partial charge in [-0.2, -0.15) is 0 Å². The molecular weight excluding hydrogens is 244 g/mol.